The van der Waals surface area contributed by atoms with Crippen molar-refractivity contribution in [2.45, 2.75) is 20.4 Å². The molecule has 1 aromatic heterocycles. The van der Waals surface area contributed by atoms with Gasteiger partial charge in [-0.25, -0.2) is 4.39 Å². The molecule has 0 atom stereocenters. The van der Waals surface area contributed by atoms with Crippen molar-refractivity contribution in [1.82, 2.24) is 4.57 Å². The summed E-state index contributed by atoms with van der Waals surface area (Å²) in [5.74, 6) is 0.200. The van der Waals surface area contributed by atoms with Gasteiger partial charge in [0.25, 0.3) is 5.91 Å². The number of aromatic nitrogens is 1. The number of anilines is 1. The quantitative estimate of drug-likeness (QED) is 0.607. The summed E-state index contributed by atoms with van der Waals surface area (Å²) in [6, 6.07) is 14.8. The number of rotatable bonds is 7. The van der Waals surface area contributed by atoms with Gasteiger partial charge in [-0.1, -0.05) is 12.1 Å². The Labute approximate surface area is 185 Å². The van der Waals surface area contributed by atoms with Gasteiger partial charge in [-0.2, -0.15) is 10.5 Å². The number of nitriles is 2. The number of carbonyl (C=O) groups excluding carboxylic acids is 1. The first-order valence-electron chi connectivity index (χ1n) is 9.73. The van der Waals surface area contributed by atoms with Crippen LogP contribution in [0.3, 0.4) is 0 Å². The minimum Gasteiger partial charge on any atom is -0.493 e. The van der Waals surface area contributed by atoms with Crippen LogP contribution in [0.1, 0.15) is 27.9 Å². The molecule has 8 heteroatoms. The fourth-order valence-electron chi connectivity index (χ4n) is 3.27. The summed E-state index contributed by atoms with van der Waals surface area (Å²) in [6.45, 7) is 3.69. The molecule has 0 unspecified atom stereocenters. The molecule has 32 heavy (non-hydrogen) atoms. The molecule has 0 fully saturated rings. The maximum atomic E-state index is 13.3. The lowest BCUT2D eigenvalue weighted by Crippen LogP contribution is -2.23. The Morgan fingerprint density at radius 2 is 1.81 bits per heavy atom. The van der Waals surface area contributed by atoms with Crippen LogP contribution in [-0.2, 0) is 11.3 Å². The number of ether oxygens (including phenoxy) is 2. The number of amides is 1. The molecule has 0 bridgehead atoms. The van der Waals surface area contributed by atoms with E-state index in [1.54, 1.807) is 28.8 Å². The number of nitrogens with one attached hydrogen (secondary N) is 1. The molecule has 0 aliphatic heterocycles. The van der Waals surface area contributed by atoms with Crippen molar-refractivity contribution in [2.75, 3.05) is 19.0 Å². The Balaban J connectivity index is 1.81. The Kier molecular flexibility index (Phi) is 6.77. The molecule has 0 aliphatic rings. The molecule has 1 amide bonds. The normalized spacial score (nSPS) is 10.2. The molecular weight excluding hydrogens is 411 g/mol. The fourth-order valence-corrected chi connectivity index (χ4v) is 3.27. The van der Waals surface area contributed by atoms with E-state index in [9.17, 15) is 14.4 Å². The van der Waals surface area contributed by atoms with E-state index < -0.39 is 5.91 Å². The topological polar surface area (TPSA) is 100 Å². The molecule has 0 aliphatic carbocycles. The standard InChI is InChI=1S/C24H21FN4O3/c1-15-16(2)29(13-17-4-7-19(25)8-5-17)24(20(15)12-27)28-23(30)14-32-21-9-6-18(11-26)10-22(21)31-3/h4-10H,13-14H2,1-3H3,(H,28,30). The minimum atomic E-state index is -0.467. The summed E-state index contributed by atoms with van der Waals surface area (Å²) in [4.78, 5) is 12.6. The van der Waals surface area contributed by atoms with Gasteiger partial charge in [-0.3, -0.25) is 4.79 Å². The van der Waals surface area contributed by atoms with Crippen LogP contribution in [0.4, 0.5) is 10.2 Å². The first-order chi connectivity index (χ1) is 15.4. The number of methoxy groups -OCH3 is 1. The molecular formula is C24H21FN4O3. The van der Waals surface area contributed by atoms with Crippen LogP contribution in [0.5, 0.6) is 11.5 Å². The third-order valence-electron chi connectivity index (χ3n) is 5.10. The van der Waals surface area contributed by atoms with E-state index in [0.29, 0.717) is 35.0 Å². The predicted octanol–water partition coefficient (Wildman–Crippen LogP) is 4.06. The van der Waals surface area contributed by atoms with Crippen LogP contribution >= 0.6 is 0 Å². The van der Waals surface area contributed by atoms with Crippen molar-refractivity contribution in [2.24, 2.45) is 0 Å². The molecule has 3 rings (SSSR count). The number of hydrogen-bond acceptors (Lipinski definition) is 5. The highest BCUT2D eigenvalue weighted by atomic mass is 19.1. The van der Waals surface area contributed by atoms with E-state index in [2.05, 4.69) is 11.4 Å². The van der Waals surface area contributed by atoms with Crippen LogP contribution in [0.25, 0.3) is 0 Å². The van der Waals surface area contributed by atoms with E-state index in [0.717, 1.165) is 16.8 Å². The Bertz CT molecular complexity index is 1230. The van der Waals surface area contributed by atoms with Gasteiger partial charge in [-0.05, 0) is 49.2 Å². The van der Waals surface area contributed by atoms with E-state index in [1.807, 2.05) is 19.9 Å². The number of carbonyl (C=O) groups is 1. The second-order valence-corrected chi connectivity index (χ2v) is 7.07. The second-order valence-electron chi connectivity index (χ2n) is 7.07. The van der Waals surface area contributed by atoms with Gasteiger partial charge >= 0.3 is 0 Å². The first kappa shape index (κ1) is 22.4. The molecule has 0 saturated carbocycles. The lowest BCUT2D eigenvalue weighted by atomic mass is 10.2. The number of hydrogen-bond donors (Lipinski definition) is 1. The van der Waals surface area contributed by atoms with Crippen molar-refractivity contribution in [3.63, 3.8) is 0 Å². The molecule has 0 saturated heterocycles. The average Bonchev–Trinajstić information content (AvgIpc) is 3.02. The third-order valence-corrected chi connectivity index (χ3v) is 5.10. The zero-order chi connectivity index (χ0) is 23.3. The summed E-state index contributed by atoms with van der Waals surface area (Å²) in [5, 5.41) is 21.4. The highest BCUT2D eigenvalue weighted by molar-refractivity contribution is 5.93. The van der Waals surface area contributed by atoms with Crippen molar-refractivity contribution in [1.29, 1.82) is 10.5 Å². The van der Waals surface area contributed by atoms with Crippen LogP contribution in [0.2, 0.25) is 0 Å². The molecule has 162 valence electrons. The number of nitrogens with zero attached hydrogens (tertiary/aromatic N) is 3. The molecule has 3 aromatic rings. The van der Waals surface area contributed by atoms with E-state index >= 15 is 0 Å². The van der Waals surface area contributed by atoms with Crippen molar-refractivity contribution >= 4 is 11.7 Å². The molecule has 1 heterocycles. The highest BCUT2D eigenvalue weighted by Gasteiger charge is 2.20. The van der Waals surface area contributed by atoms with Crippen LogP contribution in [-0.4, -0.2) is 24.2 Å². The van der Waals surface area contributed by atoms with Gasteiger partial charge in [0.2, 0.25) is 0 Å². The third kappa shape index (κ3) is 4.71. The lowest BCUT2D eigenvalue weighted by molar-refractivity contribution is -0.118. The summed E-state index contributed by atoms with van der Waals surface area (Å²) >= 11 is 0. The van der Waals surface area contributed by atoms with Crippen LogP contribution < -0.4 is 14.8 Å². The monoisotopic (exact) mass is 432 g/mol. The van der Waals surface area contributed by atoms with Crippen LogP contribution in [0.15, 0.2) is 42.5 Å². The summed E-state index contributed by atoms with van der Waals surface area (Å²) < 4.78 is 25.8. The van der Waals surface area contributed by atoms with Gasteiger partial charge in [0.1, 0.15) is 17.7 Å². The molecule has 0 radical (unpaired) electrons. The predicted molar refractivity (Wildman–Crippen MR) is 116 cm³/mol. The van der Waals surface area contributed by atoms with Crippen LogP contribution in [0, 0.1) is 42.3 Å². The van der Waals surface area contributed by atoms with E-state index in [-0.39, 0.29) is 12.4 Å². The zero-order valence-corrected chi connectivity index (χ0v) is 17.9. The van der Waals surface area contributed by atoms with Gasteiger partial charge in [0.05, 0.1) is 24.3 Å². The summed E-state index contributed by atoms with van der Waals surface area (Å²) in [6.07, 6.45) is 0. The smallest absolute Gasteiger partial charge is 0.263 e. The van der Waals surface area contributed by atoms with E-state index in [1.165, 1.54) is 25.3 Å². The SMILES string of the molecule is COc1cc(C#N)ccc1OCC(=O)Nc1c(C#N)c(C)c(C)n1Cc1ccc(F)cc1. The molecule has 0 spiro atoms. The average molecular weight is 432 g/mol. The van der Waals surface area contributed by atoms with Gasteiger partial charge < -0.3 is 19.4 Å². The first-order valence-corrected chi connectivity index (χ1v) is 9.73. The second kappa shape index (κ2) is 9.67. The molecule has 1 N–H and O–H groups in total. The number of halogens is 1. The van der Waals surface area contributed by atoms with Crippen molar-refractivity contribution in [3.05, 3.63) is 76.2 Å². The van der Waals surface area contributed by atoms with Crippen molar-refractivity contribution < 1.29 is 18.7 Å². The molecule has 7 nitrogen and oxygen atoms in total. The maximum Gasteiger partial charge on any atom is 0.263 e. The summed E-state index contributed by atoms with van der Waals surface area (Å²) in [5.41, 5.74) is 3.15. The Hall–Kier alpha value is -4.30. The zero-order valence-electron chi connectivity index (χ0n) is 17.9. The Morgan fingerprint density at radius 3 is 2.44 bits per heavy atom. The van der Waals surface area contributed by atoms with Gasteiger partial charge in [-0.15, -0.1) is 0 Å². The lowest BCUT2D eigenvalue weighted by Gasteiger charge is -2.14. The summed E-state index contributed by atoms with van der Waals surface area (Å²) in [7, 11) is 1.44. The minimum absolute atomic E-state index is 0.316. The Morgan fingerprint density at radius 1 is 1.09 bits per heavy atom. The van der Waals surface area contributed by atoms with Gasteiger partial charge in [0.15, 0.2) is 18.1 Å². The van der Waals surface area contributed by atoms with E-state index in [4.69, 9.17) is 14.7 Å². The molecule has 2 aromatic carbocycles. The van der Waals surface area contributed by atoms with Crippen molar-refractivity contribution in [3.8, 4) is 23.6 Å². The fraction of sp³-hybridized carbons (Fsp3) is 0.208. The maximum absolute atomic E-state index is 13.3. The highest BCUT2D eigenvalue weighted by Crippen LogP contribution is 2.29. The number of benzene rings is 2. The van der Waals surface area contributed by atoms with Gasteiger partial charge in [0, 0.05) is 18.3 Å². The largest absolute Gasteiger partial charge is 0.493 e.